The van der Waals surface area contributed by atoms with Crippen molar-refractivity contribution in [3.8, 4) is 50.2 Å². The molecule has 360 valence electrons. The van der Waals surface area contributed by atoms with Crippen LogP contribution in [0.3, 0.4) is 0 Å². The lowest BCUT2D eigenvalue weighted by atomic mass is 9.67. The topological polar surface area (TPSA) is 8.17 Å². The Bertz CT molecular complexity index is 4430. The van der Waals surface area contributed by atoms with E-state index in [2.05, 4.69) is 313 Å². The highest BCUT2D eigenvalue weighted by Crippen LogP contribution is 2.58. The van der Waals surface area contributed by atoms with Gasteiger partial charge in [-0.05, 0) is 161 Å². The molecular formula is C75H50N2. The average molecular weight is 979 g/mol. The number of hydrogen-bond donors (Lipinski definition) is 0. The van der Waals surface area contributed by atoms with E-state index < -0.39 is 5.41 Å². The SMILES string of the molecule is c1ccc(-c2c3ccccc3c(-c3ccc(N(c4ccccc4)c4ccc5c(c4)C(c4ccccc4)(c4ccccc4)c4cc(-c6ccc7c(c6)c6ccccc6n7-c6ccccc6)ccc4-5)cc3)c3ccccc23)cc1. The van der Waals surface area contributed by atoms with Gasteiger partial charge in [-0.2, -0.15) is 0 Å². The number of rotatable bonds is 9. The Kier molecular flexibility index (Phi) is 10.5. The molecule has 1 heterocycles. The molecular weight excluding hydrogens is 929 g/mol. The van der Waals surface area contributed by atoms with E-state index in [1.807, 2.05) is 0 Å². The Balaban J connectivity index is 0.901. The summed E-state index contributed by atoms with van der Waals surface area (Å²) < 4.78 is 2.39. The van der Waals surface area contributed by atoms with Gasteiger partial charge in [-0.3, -0.25) is 0 Å². The van der Waals surface area contributed by atoms with Gasteiger partial charge in [-0.1, -0.05) is 231 Å². The molecule has 1 aliphatic carbocycles. The summed E-state index contributed by atoms with van der Waals surface area (Å²) in [4.78, 5) is 2.43. The van der Waals surface area contributed by atoms with E-state index in [4.69, 9.17) is 0 Å². The van der Waals surface area contributed by atoms with Crippen molar-refractivity contribution in [2.45, 2.75) is 5.41 Å². The fourth-order valence-electron chi connectivity index (χ4n) is 13.0. The van der Waals surface area contributed by atoms with E-state index in [-0.39, 0.29) is 0 Å². The first kappa shape index (κ1) is 44.5. The lowest BCUT2D eigenvalue weighted by Crippen LogP contribution is -2.28. The summed E-state index contributed by atoms with van der Waals surface area (Å²) in [5.74, 6) is 0. The molecule has 0 saturated carbocycles. The van der Waals surface area contributed by atoms with Gasteiger partial charge in [0.2, 0.25) is 0 Å². The fraction of sp³-hybridized carbons (Fsp3) is 0.0133. The van der Waals surface area contributed by atoms with Gasteiger partial charge in [-0.25, -0.2) is 0 Å². The molecule has 0 spiro atoms. The summed E-state index contributed by atoms with van der Waals surface area (Å²) in [7, 11) is 0. The van der Waals surface area contributed by atoms with Gasteiger partial charge in [0, 0.05) is 33.5 Å². The molecule has 0 aliphatic heterocycles. The maximum Gasteiger partial charge on any atom is 0.0714 e. The Morgan fingerprint density at radius 1 is 0.260 bits per heavy atom. The minimum absolute atomic E-state index is 0.632. The molecule has 2 heteroatoms. The highest BCUT2D eigenvalue weighted by atomic mass is 15.1. The lowest BCUT2D eigenvalue weighted by molar-refractivity contribution is 0.768. The number of nitrogens with zero attached hydrogens (tertiary/aromatic N) is 2. The van der Waals surface area contributed by atoms with Crippen LogP contribution in [0.15, 0.2) is 303 Å². The molecule has 0 fully saturated rings. The summed E-state index contributed by atoms with van der Waals surface area (Å²) in [6.07, 6.45) is 0. The standard InChI is InChI=1S/C75H50N2/c1-6-22-51(23-7-1)73-64-33-16-18-35-66(64)74(67-36-19-17-34-65(67)73)52-38-42-59(43-39-52)76(57-28-12-4-13-29-57)60-44-46-62-61-45-40-54(49-69(61)75(70(62)50-60,55-24-8-2-9-25-55)56-26-10-3-11-27-56)53-41-47-72-68(48-53)63-32-20-21-37-71(63)77(72)58-30-14-5-15-31-58/h1-50H. The second kappa shape index (κ2) is 18.1. The van der Waals surface area contributed by atoms with Crippen LogP contribution in [0.1, 0.15) is 22.3 Å². The van der Waals surface area contributed by atoms with Crippen LogP contribution in [0.25, 0.3) is 93.5 Å². The van der Waals surface area contributed by atoms with Gasteiger partial charge < -0.3 is 9.47 Å². The van der Waals surface area contributed by atoms with Crippen molar-refractivity contribution in [2.24, 2.45) is 0 Å². The lowest BCUT2D eigenvalue weighted by Gasteiger charge is -2.35. The molecule has 1 aromatic heterocycles. The summed E-state index contributed by atoms with van der Waals surface area (Å²) in [5.41, 5.74) is 21.0. The third-order valence-electron chi connectivity index (χ3n) is 16.2. The minimum atomic E-state index is -0.632. The van der Waals surface area contributed by atoms with Crippen LogP contribution >= 0.6 is 0 Å². The fourth-order valence-corrected chi connectivity index (χ4v) is 13.0. The second-order valence-corrected chi connectivity index (χ2v) is 20.3. The first-order valence-electron chi connectivity index (χ1n) is 26.7. The predicted molar refractivity (Wildman–Crippen MR) is 324 cm³/mol. The maximum atomic E-state index is 2.49. The van der Waals surface area contributed by atoms with E-state index in [0.29, 0.717) is 0 Å². The first-order chi connectivity index (χ1) is 38.2. The van der Waals surface area contributed by atoms with Gasteiger partial charge >= 0.3 is 0 Å². The summed E-state index contributed by atoms with van der Waals surface area (Å²) >= 11 is 0. The Morgan fingerprint density at radius 2 is 0.662 bits per heavy atom. The monoisotopic (exact) mass is 978 g/mol. The van der Waals surface area contributed by atoms with Gasteiger partial charge in [0.25, 0.3) is 0 Å². The van der Waals surface area contributed by atoms with Crippen molar-refractivity contribution in [1.82, 2.24) is 4.57 Å². The summed E-state index contributed by atoms with van der Waals surface area (Å²) in [6.45, 7) is 0. The minimum Gasteiger partial charge on any atom is -0.310 e. The molecule has 13 aromatic carbocycles. The zero-order valence-electron chi connectivity index (χ0n) is 42.3. The number of hydrogen-bond acceptors (Lipinski definition) is 1. The van der Waals surface area contributed by atoms with E-state index in [1.54, 1.807) is 0 Å². The van der Waals surface area contributed by atoms with Crippen molar-refractivity contribution in [3.05, 3.63) is 326 Å². The highest BCUT2D eigenvalue weighted by molar-refractivity contribution is 6.21. The van der Waals surface area contributed by atoms with Gasteiger partial charge in [0.1, 0.15) is 0 Å². The predicted octanol–water partition coefficient (Wildman–Crippen LogP) is 19.9. The Morgan fingerprint density at radius 3 is 1.26 bits per heavy atom. The highest BCUT2D eigenvalue weighted by Gasteiger charge is 2.46. The Labute approximate surface area is 448 Å². The second-order valence-electron chi connectivity index (χ2n) is 20.3. The number of fused-ring (bicyclic) bond motifs is 8. The third-order valence-corrected chi connectivity index (χ3v) is 16.2. The third kappa shape index (κ3) is 7.03. The molecule has 0 saturated heterocycles. The van der Waals surface area contributed by atoms with Crippen molar-refractivity contribution in [3.63, 3.8) is 0 Å². The number of benzene rings is 13. The molecule has 1 aliphatic rings. The first-order valence-corrected chi connectivity index (χ1v) is 26.7. The average Bonchev–Trinajstić information content (AvgIpc) is 4.24. The molecule has 77 heavy (non-hydrogen) atoms. The van der Waals surface area contributed by atoms with E-state index in [9.17, 15) is 0 Å². The molecule has 0 bridgehead atoms. The summed E-state index contributed by atoms with van der Waals surface area (Å²) in [6, 6.07) is 112. The van der Waals surface area contributed by atoms with Crippen molar-refractivity contribution < 1.29 is 0 Å². The zero-order chi connectivity index (χ0) is 50.9. The molecule has 0 N–H and O–H groups in total. The van der Waals surface area contributed by atoms with E-state index in [1.165, 1.54) is 110 Å². The van der Waals surface area contributed by atoms with Crippen molar-refractivity contribution >= 4 is 60.4 Å². The maximum absolute atomic E-state index is 2.49. The van der Waals surface area contributed by atoms with Crippen LogP contribution in [0.5, 0.6) is 0 Å². The van der Waals surface area contributed by atoms with Crippen molar-refractivity contribution in [2.75, 3.05) is 4.90 Å². The molecule has 0 radical (unpaired) electrons. The largest absolute Gasteiger partial charge is 0.310 e. The van der Waals surface area contributed by atoms with Gasteiger partial charge in [0.15, 0.2) is 0 Å². The molecule has 2 nitrogen and oxygen atoms in total. The van der Waals surface area contributed by atoms with E-state index in [0.717, 1.165) is 22.7 Å². The molecule has 15 rings (SSSR count). The number of anilines is 3. The van der Waals surface area contributed by atoms with E-state index >= 15 is 0 Å². The summed E-state index contributed by atoms with van der Waals surface area (Å²) in [5, 5.41) is 7.48. The van der Waals surface area contributed by atoms with Crippen LogP contribution < -0.4 is 4.90 Å². The van der Waals surface area contributed by atoms with Crippen LogP contribution in [0.4, 0.5) is 17.1 Å². The zero-order valence-corrected chi connectivity index (χ0v) is 42.3. The normalized spacial score (nSPS) is 12.5. The van der Waals surface area contributed by atoms with Crippen LogP contribution in [-0.2, 0) is 5.41 Å². The smallest absolute Gasteiger partial charge is 0.0714 e. The number of aromatic nitrogens is 1. The molecule has 0 atom stereocenters. The van der Waals surface area contributed by atoms with Gasteiger partial charge in [0.05, 0.1) is 16.4 Å². The van der Waals surface area contributed by atoms with Crippen LogP contribution in [0.2, 0.25) is 0 Å². The Hall–Kier alpha value is -10.0. The van der Waals surface area contributed by atoms with Gasteiger partial charge in [-0.15, -0.1) is 0 Å². The van der Waals surface area contributed by atoms with Crippen LogP contribution in [-0.4, -0.2) is 4.57 Å². The number of para-hydroxylation sites is 3. The quantitative estimate of drug-likeness (QED) is 0.131. The molecule has 14 aromatic rings. The van der Waals surface area contributed by atoms with Crippen LogP contribution in [0, 0.1) is 0 Å². The molecule has 0 unspecified atom stereocenters. The van der Waals surface area contributed by atoms with Crippen molar-refractivity contribution in [1.29, 1.82) is 0 Å². The molecule has 0 amide bonds.